The number of aryl methyl sites for hydroxylation is 2. The van der Waals surface area contributed by atoms with E-state index in [4.69, 9.17) is 4.74 Å². The maximum absolute atomic E-state index is 12.8. The van der Waals surface area contributed by atoms with Crippen LogP contribution in [0.4, 0.5) is 0 Å². The first-order valence-corrected chi connectivity index (χ1v) is 7.72. The summed E-state index contributed by atoms with van der Waals surface area (Å²) in [7, 11) is -3.67. The molecule has 19 heavy (non-hydrogen) atoms. The molecule has 102 valence electrons. The van der Waals surface area contributed by atoms with Crippen molar-refractivity contribution in [3.8, 4) is 6.07 Å². The fourth-order valence-electron chi connectivity index (χ4n) is 2.35. The Hall–Kier alpha value is -1.38. The highest BCUT2D eigenvalue weighted by atomic mass is 32.2. The molecule has 0 aliphatic carbocycles. The van der Waals surface area contributed by atoms with Crippen LogP contribution >= 0.6 is 0 Å². The van der Waals surface area contributed by atoms with Gasteiger partial charge in [-0.05, 0) is 31.0 Å². The Bertz CT molecular complexity index is 623. The van der Waals surface area contributed by atoms with Crippen LogP contribution in [0.25, 0.3) is 0 Å². The Morgan fingerprint density at radius 1 is 1.26 bits per heavy atom. The number of nitriles is 1. The molecule has 4 nitrogen and oxygen atoms in total. The van der Waals surface area contributed by atoms with Crippen molar-refractivity contribution in [3.63, 3.8) is 0 Å². The summed E-state index contributed by atoms with van der Waals surface area (Å²) < 4.78 is 29.5. The second kappa shape index (κ2) is 4.95. The van der Waals surface area contributed by atoms with Crippen LogP contribution in [0.15, 0.2) is 23.1 Å². The number of nitrogens with zero attached hydrogens (tertiary/aromatic N) is 1. The monoisotopic (exact) mass is 279 g/mol. The first-order valence-electron chi connectivity index (χ1n) is 6.24. The van der Waals surface area contributed by atoms with Crippen LogP contribution in [0.1, 0.15) is 24.0 Å². The standard InChI is InChI=1S/C14H17NO3S/c1-11-3-4-12(2)13(9-11)19(16,17)14(10-15)5-7-18-8-6-14/h3-4,9H,5-8H2,1-2H3. The maximum Gasteiger partial charge on any atom is 0.197 e. The van der Waals surface area contributed by atoms with E-state index in [1.54, 1.807) is 19.1 Å². The molecule has 1 aliphatic heterocycles. The minimum absolute atomic E-state index is 0.235. The van der Waals surface area contributed by atoms with E-state index in [0.29, 0.717) is 18.8 Å². The molecule has 1 aromatic carbocycles. The van der Waals surface area contributed by atoms with Crippen molar-refractivity contribution in [2.75, 3.05) is 13.2 Å². The van der Waals surface area contributed by atoms with Gasteiger partial charge in [0.1, 0.15) is 0 Å². The molecule has 0 N–H and O–H groups in total. The molecular formula is C14H17NO3S. The normalized spacial score (nSPS) is 18.8. The molecule has 2 rings (SSSR count). The van der Waals surface area contributed by atoms with Gasteiger partial charge in [0.15, 0.2) is 14.6 Å². The van der Waals surface area contributed by atoms with Crippen molar-refractivity contribution in [3.05, 3.63) is 29.3 Å². The van der Waals surface area contributed by atoms with Crippen molar-refractivity contribution in [2.45, 2.75) is 36.3 Å². The zero-order valence-electron chi connectivity index (χ0n) is 11.1. The van der Waals surface area contributed by atoms with Crippen molar-refractivity contribution < 1.29 is 13.2 Å². The summed E-state index contributed by atoms with van der Waals surface area (Å²) in [5.74, 6) is 0. The fourth-order valence-corrected chi connectivity index (χ4v) is 4.43. The van der Waals surface area contributed by atoms with Crippen LogP contribution in [0.3, 0.4) is 0 Å². The van der Waals surface area contributed by atoms with Gasteiger partial charge >= 0.3 is 0 Å². The van der Waals surface area contributed by atoms with E-state index in [2.05, 4.69) is 0 Å². The molecule has 1 aromatic rings. The molecule has 1 heterocycles. The van der Waals surface area contributed by atoms with E-state index in [1.165, 1.54) is 0 Å². The van der Waals surface area contributed by atoms with E-state index in [1.807, 2.05) is 19.1 Å². The number of ether oxygens (including phenoxy) is 1. The number of benzene rings is 1. The van der Waals surface area contributed by atoms with Gasteiger partial charge in [-0.15, -0.1) is 0 Å². The highest BCUT2D eigenvalue weighted by Crippen LogP contribution is 2.35. The van der Waals surface area contributed by atoms with Gasteiger partial charge in [-0.25, -0.2) is 8.42 Å². The third-order valence-corrected chi connectivity index (χ3v) is 6.20. The predicted octanol–water partition coefficient (Wildman–Crippen LogP) is 2.15. The van der Waals surface area contributed by atoms with E-state index in [-0.39, 0.29) is 17.7 Å². The maximum atomic E-state index is 12.8. The topological polar surface area (TPSA) is 67.2 Å². The van der Waals surface area contributed by atoms with Gasteiger partial charge in [0.2, 0.25) is 0 Å². The third-order valence-electron chi connectivity index (χ3n) is 3.65. The Labute approximate surface area is 113 Å². The number of sulfone groups is 1. The second-order valence-corrected chi connectivity index (χ2v) is 7.22. The molecule has 0 amide bonds. The van der Waals surface area contributed by atoms with Gasteiger partial charge in [0.05, 0.1) is 11.0 Å². The minimum Gasteiger partial charge on any atom is -0.381 e. The summed E-state index contributed by atoms with van der Waals surface area (Å²) in [6.45, 7) is 4.24. The molecule has 0 spiro atoms. The van der Waals surface area contributed by atoms with Crippen molar-refractivity contribution in [2.24, 2.45) is 0 Å². The molecule has 0 radical (unpaired) electrons. The van der Waals surface area contributed by atoms with E-state index >= 15 is 0 Å². The highest BCUT2D eigenvalue weighted by Gasteiger charge is 2.47. The summed E-state index contributed by atoms with van der Waals surface area (Å²) in [6.07, 6.45) is 0.471. The van der Waals surface area contributed by atoms with Crippen LogP contribution in [-0.4, -0.2) is 26.4 Å². The van der Waals surface area contributed by atoms with Crippen LogP contribution in [0, 0.1) is 25.2 Å². The lowest BCUT2D eigenvalue weighted by molar-refractivity contribution is 0.0863. The van der Waals surface area contributed by atoms with Crippen LogP contribution in [-0.2, 0) is 14.6 Å². The molecule has 1 aliphatic rings. The first-order chi connectivity index (χ1) is 8.93. The molecule has 5 heteroatoms. The molecule has 0 aromatic heterocycles. The average molecular weight is 279 g/mol. The van der Waals surface area contributed by atoms with Gasteiger partial charge in [0.25, 0.3) is 0 Å². The van der Waals surface area contributed by atoms with Gasteiger partial charge in [-0.2, -0.15) is 5.26 Å². The number of hydrogen-bond donors (Lipinski definition) is 0. The third kappa shape index (κ3) is 2.26. The molecular weight excluding hydrogens is 262 g/mol. The lowest BCUT2D eigenvalue weighted by Gasteiger charge is -2.30. The molecule has 0 bridgehead atoms. The van der Waals surface area contributed by atoms with Crippen LogP contribution < -0.4 is 0 Å². The number of hydrogen-bond acceptors (Lipinski definition) is 4. The van der Waals surface area contributed by atoms with Gasteiger partial charge in [-0.3, -0.25) is 0 Å². The van der Waals surface area contributed by atoms with E-state index in [9.17, 15) is 13.7 Å². The first kappa shape index (κ1) is 14.0. The Morgan fingerprint density at radius 2 is 1.89 bits per heavy atom. The van der Waals surface area contributed by atoms with E-state index in [0.717, 1.165) is 5.56 Å². The summed E-state index contributed by atoms with van der Waals surface area (Å²) >= 11 is 0. The van der Waals surface area contributed by atoms with Crippen LogP contribution in [0.5, 0.6) is 0 Å². The quantitative estimate of drug-likeness (QED) is 0.832. The molecule has 0 unspecified atom stereocenters. The predicted molar refractivity (Wildman–Crippen MR) is 71.5 cm³/mol. The van der Waals surface area contributed by atoms with Crippen molar-refractivity contribution in [1.29, 1.82) is 5.26 Å². The molecule has 1 saturated heterocycles. The zero-order chi connectivity index (χ0) is 14.1. The lowest BCUT2D eigenvalue weighted by atomic mass is 10.0. The highest BCUT2D eigenvalue weighted by molar-refractivity contribution is 7.93. The van der Waals surface area contributed by atoms with Crippen molar-refractivity contribution >= 4 is 9.84 Å². The van der Waals surface area contributed by atoms with Crippen molar-refractivity contribution in [1.82, 2.24) is 0 Å². The van der Waals surface area contributed by atoms with E-state index < -0.39 is 14.6 Å². The lowest BCUT2D eigenvalue weighted by Crippen LogP contribution is -2.42. The summed E-state index contributed by atoms with van der Waals surface area (Å²) in [5.41, 5.74) is 1.57. The molecule has 1 fully saturated rings. The van der Waals surface area contributed by atoms with Gasteiger partial charge in [-0.1, -0.05) is 12.1 Å². The summed E-state index contributed by atoms with van der Waals surface area (Å²) in [4.78, 5) is 0.274. The SMILES string of the molecule is Cc1ccc(C)c(S(=O)(=O)C2(C#N)CCOCC2)c1. The number of rotatable bonds is 2. The molecule has 0 atom stereocenters. The smallest absolute Gasteiger partial charge is 0.197 e. The zero-order valence-corrected chi connectivity index (χ0v) is 12.0. The minimum atomic E-state index is -3.67. The van der Waals surface area contributed by atoms with Crippen LogP contribution in [0.2, 0.25) is 0 Å². The Morgan fingerprint density at radius 3 is 2.47 bits per heavy atom. The summed E-state index contributed by atoms with van der Waals surface area (Å²) in [6, 6.07) is 7.34. The second-order valence-electron chi connectivity index (χ2n) is 4.99. The Kier molecular flexibility index (Phi) is 3.66. The van der Waals surface area contributed by atoms with Gasteiger partial charge in [0, 0.05) is 26.1 Å². The Balaban J connectivity index is 2.58. The fraction of sp³-hybridized carbons (Fsp3) is 0.500. The molecule has 0 saturated carbocycles. The average Bonchev–Trinajstić information content (AvgIpc) is 2.42. The largest absolute Gasteiger partial charge is 0.381 e. The van der Waals surface area contributed by atoms with Gasteiger partial charge < -0.3 is 4.74 Å². The summed E-state index contributed by atoms with van der Waals surface area (Å²) in [5, 5.41) is 9.41.